The molecule has 0 aliphatic heterocycles. The average molecular weight is 304 g/mol. The van der Waals surface area contributed by atoms with E-state index in [2.05, 4.69) is 33.1 Å². The minimum absolute atomic E-state index is 0.111. The van der Waals surface area contributed by atoms with E-state index in [0.29, 0.717) is 11.6 Å². The van der Waals surface area contributed by atoms with Gasteiger partial charge in [0.05, 0.1) is 6.54 Å². The van der Waals surface area contributed by atoms with Crippen molar-refractivity contribution in [3.63, 3.8) is 0 Å². The van der Waals surface area contributed by atoms with Gasteiger partial charge in [-0.05, 0) is 24.3 Å². The second-order valence-electron chi connectivity index (χ2n) is 3.18. The summed E-state index contributed by atoms with van der Waals surface area (Å²) in [5.74, 6) is -0.111. The summed E-state index contributed by atoms with van der Waals surface area (Å²) in [7, 11) is 0. The fraction of sp³-hybridized carbons (Fsp3) is 0.182. The first-order chi connectivity index (χ1) is 7.58. The number of nitrogens with one attached hydrogen (secondary N) is 2. The van der Waals surface area contributed by atoms with Crippen LogP contribution in [0, 0.1) is 0 Å². The van der Waals surface area contributed by atoms with Crippen LogP contribution in [0.1, 0.15) is 0 Å². The van der Waals surface area contributed by atoms with Crippen molar-refractivity contribution in [2.75, 3.05) is 18.4 Å². The van der Waals surface area contributed by atoms with E-state index in [4.69, 9.17) is 11.6 Å². The standard InChI is InChI=1S/C11H12BrClN2O/c1-8(13)6-14-7-11(16)15-10-4-2-9(12)3-5-10/h2-5,14H,1,6-7H2,(H,15,16). The quantitative estimate of drug-likeness (QED) is 0.878. The largest absolute Gasteiger partial charge is 0.325 e. The third-order valence-electron chi connectivity index (χ3n) is 1.73. The zero-order valence-electron chi connectivity index (χ0n) is 8.59. The molecule has 1 rings (SSSR count). The normalized spacial score (nSPS) is 9.88. The van der Waals surface area contributed by atoms with E-state index < -0.39 is 0 Å². The van der Waals surface area contributed by atoms with Gasteiger partial charge in [0.1, 0.15) is 0 Å². The predicted octanol–water partition coefficient (Wildman–Crippen LogP) is 2.73. The van der Waals surface area contributed by atoms with Gasteiger partial charge in [-0.2, -0.15) is 0 Å². The molecule has 0 unspecified atom stereocenters. The maximum absolute atomic E-state index is 11.4. The first kappa shape index (κ1) is 13.2. The molecule has 3 nitrogen and oxygen atoms in total. The third kappa shape index (κ3) is 5.30. The number of carbonyl (C=O) groups is 1. The van der Waals surface area contributed by atoms with Crippen molar-refractivity contribution in [3.05, 3.63) is 40.3 Å². The summed E-state index contributed by atoms with van der Waals surface area (Å²) in [6.45, 7) is 4.15. The fourth-order valence-corrected chi connectivity index (χ4v) is 1.41. The molecule has 0 fully saturated rings. The molecule has 0 aromatic heterocycles. The average Bonchev–Trinajstić information content (AvgIpc) is 2.21. The van der Waals surface area contributed by atoms with E-state index in [-0.39, 0.29) is 12.5 Å². The van der Waals surface area contributed by atoms with Gasteiger partial charge in [0.25, 0.3) is 0 Å². The number of hydrogen-bond acceptors (Lipinski definition) is 2. The van der Waals surface area contributed by atoms with Crippen LogP contribution in [0.4, 0.5) is 5.69 Å². The summed E-state index contributed by atoms with van der Waals surface area (Å²) in [6.07, 6.45) is 0. The molecule has 0 saturated heterocycles. The molecule has 1 aromatic rings. The molecule has 0 spiro atoms. The van der Waals surface area contributed by atoms with Crippen molar-refractivity contribution in [2.24, 2.45) is 0 Å². The molecule has 1 amide bonds. The van der Waals surface area contributed by atoms with Crippen molar-refractivity contribution in [1.29, 1.82) is 0 Å². The van der Waals surface area contributed by atoms with Gasteiger partial charge in [-0.1, -0.05) is 34.1 Å². The minimum Gasteiger partial charge on any atom is -0.325 e. The molecule has 86 valence electrons. The minimum atomic E-state index is -0.111. The molecule has 0 aliphatic carbocycles. The molecule has 0 aliphatic rings. The van der Waals surface area contributed by atoms with E-state index in [0.717, 1.165) is 10.2 Å². The van der Waals surface area contributed by atoms with Crippen molar-refractivity contribution in [3.8, 4) is 0 Å². The molecular weight excluding hydrogens is 291 g/mol. The Hall–Kier alpha value is -0.840. The Kier molecular flexibility index (Phi) is 5.52. The van der Waals surface area contributed by atoms with Crippen molar-refractivity contribution in [1.82, 2.24) is 5.32 Å². The Labute approximate surface area is 108 Å². The van der Waals surface area contributed by atoms with Crippen LogP contribution >= 0.6 is 27.5 Å². The Morgan fingerprint density at radius 1 is 1.31 bits per heavy atom. The smallest absolute Gasteiger partial charge is 0.238 e. The number of carbonyl (C=O) groups excluding carboxylic acids is 1. The van der Waals surface area contributed by atoms with E-state index in [1.54, 1.807) is 0 Å². The van der Waals surface area contributed by atoms with E-state index >= 15 is 0 Å². The van der Waals surface area contributed by atoms with Gasteiger partial charge < -0.3 is 10.6 Å². The van der Waals surface area contributed by atoms with E-state index in [1.165, 1.54) is 0 Å². The van der Waals surface area contributed by atoms with Crippen LogP contribution in [-0.2, 0) is 4.79 Å². The second-order valence-corrected chi connectivity index (χ2v) is 4.63. The molecule has 0 heterocycles. The molecule has 16 heavy (non-hydrogen) atoms. The fourth-order valence-electron chi connectivity index (χ4n) is 1.05. The molecule has 5 heteroatoms. The van der Waals surface area contributed by atoms with Crippen LogP contribution in [0.5, 0.6) is 0 Å². The summed E-state index contributed by atoms with van der Waals surface area (Å²) in [5, 5.41) is 6.09. The van der Waals surface area contributed by atoms with Crippen LogP contribution in [0.15, 0.2) is 40.3 Å². The lowest BCUT2D eigenvalue weighted by Crippen LogP contribution is -2.28. The first-order valence-electron chi connectivity index (χ1n) is 4.67. The monoisotopic (exact) mass is 302 g/mol. The number of hydrogen-bond donors (Lipinski definition) is 2. The highest BCUT2D eigenvalue weighted by atomic mass is 79.9. The molecular formula is C11H12BrClN2O. The van der Waals surface area contributed by atoms with Gasteiger partial charge >= 0.3 is 0 Å². The predicted molar refractivity (Wildman–Crippen MR) is 70.6 cm³/mol. The SMILES string of the molecule is C=C(Cl)CNCC(=O)Nc1ccc(Br)cc1. The van der Waals surface area contributed by atoms with Crippen molar-refractivity contribution in [2.45, 2.75) is 0 Å². The second kappa shape index (κ2) is 6.68. The van der Waals surface area contributed by atoms with Crippen molar-refractivity contribution >= 4 is 39.1 Å². The number of benzene rings is 1. The summed E-state index contributed by atoms with van der Waals surface area (Å²) < 4.78 is 0.974. The highest BCUT2D eigenvalue weighted by Gasteiger charge is 2.01. The zero-order chi connectivity index (χ0) is 12.0. The number of amides is 1. The highest BCUT2D eigenvalue weighted by molar-refractivity contribution is 9.10. The van der Waals surface area contributed by atoms with Gasteiger partial charge in [-0.25, -0.2) is 0 Å². The molecule has 0 radical (unpaired) electrons. The molecule has 0 saturated carbocycles. The molecule has 0 atom stereocenters. The lowest BCUT2D eigenvalue weighted by atomic mass is 10.3. The maximum atomic E-state index is 11.4. The van der Waals surface area contributed by atoms with Crippen LogP contribution in [0.25, 0.3) is 0 Å². The Morgan fingerprint density at radius 3 is 2.50 bits per heavy atom. The van der Waals surface area contributed by atoms with Crippen LogP contribution < -0.4 is 10.6 Å². The van der Waals surface area contributed by atoms with Gasteiger partial charge in [0.2, 0.25) is 5.91 Å². The summed E-state index contributed by atoms with van der Waals surface area (Å²) in [4.78, 5) is 11.4. The molecule has 0 bridgehead atoms. The maximum Gasteiger partial charge on any atom is 0.238 e. The summed E-state index contributed by atoms with van der Waals surface area (Å²) in [5.41, 5.74) is 0.764. The summed E-state index contributed by atoms with van der Waals surface area (Å²) >= 11 is 8.87. The van der Waals surface area contributed by atoms with E-state index in [1.807, 2.05) is 24.3 Å². The van der Waals surface area contributed by atoms with Crippen LogP contribution in [0.3, 0.4) is 0 Å². The summed E-state index contributed by atoms with van der Waals surface area (Å²) in [6, 6.07) is 7.37. The Balaban J connectivity index is 2.34. The zero-order valence-corrected chi connectivity index (χ0v) is 10.9. The lowest BCUT2D eigenvalue weighted by Gasteiger charge is -2.06. The van der Waals surface area contributed by atoms with Crippen LogP contribution in [0.2, 0.25) is 0 Å². The number of anilines is 1. The number of halogens is 2. The van der Waals surface area contributed by atoms with Gasteiger partial charge in [-0.3, -0.25) is 4.79 Å². The molecule has 2 N–H and O–H groups in total. The van der Waals surface area contributed by atoms with Gasteiger partial charge in [-0.15, -0.1) is 0 Å². The van der Waals surface area contributed by atoms with Crippen molar-refractivity contribution < 1.29 is 4.79 Å². The number of rotatable bonds is 5. The van der Waals surface area contributed by atoms with Gasteiger partial charge in [0.15, 0.2) is 0 Å². The van der Waals surface area contributed by atoms with Crippen LogP contribution in [-0.4, -0.2) is 19.0 Å². The third-order valence-corrected chi connectivity index (χ3v) is 2.39. The lowest BCUT2D eigenvalue weighted by molar-refractivity contribution is -0.115. The first-order valence-corrected chi connectivity index (χ1v) is 5.84. The Bertz CT molecular complexity index is 378. The Morgan fingerprint density at radius 2 is 1.94 bits per heavy atom. The highest BCUT2D eigenvalue weighted by Crippen LogP contribution is 2.13. The van der Waals surface area contributed by atoms with Gasteiger partial charge in [0, 0.05) is 21.7 Å². The molecule has 1 aromatic carbocycles. The topological polar surface area (TPSA) is 41.1 Å². The van der Waals surface area contributed by atoms with E-state index in [9.17, 15) is 4.79 Å².